The highest BCUT2D eigenvalue weighted by Gasteiger charge is 2.14. The molecule has 1 aliphatic heterocycles. The average Bonchev–Trinajstić information content (AvgIpc) is 2.48. The molecule has 1 aromatic carbocycles. The third-order valence-electron chi connectivity index (χ3n) is 3.28. The molecule has 0 radical (unpaired) electrons. The fourth-order valence-electron chi connectivity index (χ4n) is 2.21. The van der Waals surface area contributed by atoms with Crippen molar-refractivity contribution < 1.29 is 9.53 Å². The Morgan fingerprint density at radius 2 is 2.37 bits per heavy atom. The summed E-state index contributed by atoms with van der Waals surface area (Å²) in [6.07, 6.45) is 4.57. The standard InChI is InChI=1S/C15H18N2O2/c16-11-12-4-3-5-13(10-12)15(18)17-8-7-14-6-1-2-9-19-14/h3-5,10,14H,1-2,6-9H2,(H,17,18)/t14-/m1/s1. The lowest BCUT2D eigenvalue weighted by Crippen LogP contribution is -2.29. The number of benzene rings is 1. The van der Waals surface area contributed by atoms with Crippen molar-refractivity contribution in [1.82, 2.24) is 5.32 Å². The summed E-state index contributed by atoms with van der Waals surface area (Å²) >= 11 is 0. The molecular weight excluding hydrogens is 240 g/mol. The monoisotopic (exact) mass is 258 g/mol. The molecule has 2 rings (SSSR count). The van der Waals surface area contributed by atoms with Crippen LogP contribution in [0.25, 0.3) is 0 Å². The zero-order valence-corrected chi connectivity index (χ0v) is 10.9. The molecular formula is C15H18N2O2. The molecule has 1 N–H and O–H groups in total. The second-order valence-electron chi connectivity index (χ2n) is 4.73. The summed E-state index contributed by atoms with van der Waals surface area (Å²) in [5, 5.41) is 11.7. The van der Waals surface area contributed by atoms with Crippen LogP contribution in [0.4, 0.5) is 0 Å². The van der Waals surface area contributed by atoms with E-state index in [-0.39, 0.29) is 12.0 Å². The number of carbonyl (C=O) groups excluding carboxylic acids is 1. The Bertz CT molecular complexity index is 473. The van der Waals surface area contributed by atoms with E-state index in [2.05, 4.69) is 5.32 Å². The maximum atomic E-state index is 11.9. The average molecular weight is 258 g/mol. The first-order valence-corrected chi connectivity index (χ1v) is 6.69. The summed E-state index contributed by atoms with van der Waals surface area (Å²) in [7, 11) is 0. The van der Waals surface area contributed by atoms with E-state index < -0.39 is 0 Å². The van der Waals surface area contributed by atoms with Gasteiger partial charge in [-0.05, 0) is 43.9 Å². The number of ether oxygens (including phenoxy) is 1. The molecule has 4 nitrogen and oxygen atoms in total. The first-order valence-electron chi connectivity index (χ1n) is 6.69. The molecule has 0 aromatic heterocycles. The van der Waals surface area contributed by atoms with Crippen molar-refractivity contribution in [2.45, 2.75) is 31.8 Å². The quantitative estimate of drug-likeness (QED) is 0.901. The Kier molecular flexibility index (Phi) is 4.93. The number of rotatable bonds is 4. The Hall–Kier alpha value is -1.86. The molecule has 0 unspecified atom stereocenters. The molecule has 4 heteroatoms. The van der Waals surface area contributed by atoms with Crippen LogP contribution >= 0.6 is 0 Å². The van der Waals surface area contributed by atoms with Crippen LogP contribution in [-0.2, 0) is 4.74 Å². The summed E-state index contributed by atoms with van der Waals surface area (Å²) in [4.78, 5) is 11.9. The van der Waals surface area contributed by atoms with Gasteiger partial charge in [-0.3, -0.25) is 4.79 Å². The predicted molar refractivity (Wildman–Crippen MR) is 71.7 cm³/mol. The molecule has 1 amide bonds. The number of hydrogen-bond donors (Lipinski definition) is 1. The van der Waals surface area contributed by atoms with E-state index in [9.17, 15) is 4.79 Å². The second kappa shape index (κ2) is 6.91. The summed E-state index contributed by atoms with van der Waals surface area (Å²) < 4.78 is 5.61. The number of amides is 1. The number of hydrogen-bond acceptors (Lipinski definition) is 3. The highest BCUT2D eigenvalue weighted by molar-refractivity contribution is 5.94. The van der Waals surface area contributed by atoms with Crippen LogP contribution in [-0.4, -0.2) is 25.2 Å². The lowest BCUT2D eigenvalue weighted by molar-refractivity contribution is 0.0117. The van der Waals surface area contributed by atoms with E-state index in [1.807, 2.05) is 6.07 Å². The normalized spacial score (nSPS) is 18.6. The molecule has 100 valence electrons. The van der Waals surface area contributed by atoms with Crippen molar-refractivity contribution in [1.29, 1.82) is 5.26 Å². The maximum absolute atomic E-state index is 11.9. The van der Waals surface area contributed by atoms with E-state index >= 15 is 0 Å². The Labute approximate surface area is 113 Å². The molecule has 0 aliphatic carbocycles. The van der Waals surface area contributed by atoms with Gasteiger partial charge in [0, 0.05) is 18.7 Å². The van der Waals surface area contributed by atoms with Crippen molar-refractivity contribution in [3.63, 3.8) is 0 Å². The lowest BCUT2D eigenvalue weighted by Gasteiger charge is -2.22. The van der Waals surface area contributed by atoms with Crippen molar-refractivity contribution in [3.8, 4) is 6.07 Å². The Morgan fingerprint density at radius 1 is 1.47 bits per heavy atom. The number of nitriles is 1. The van der Waals surface area contributed by atoms with Crippen LogP contribution in [0.5, 0.6) is 0 Å². The minimum Gasteiger partial charge on any atom is -0.378 e. The maximum Gasteiger partial charge on any atom is 0.251 e. The molecule has 0 bridgehead atoms. The van der Waals surface area contributed by atoms with Gasteiger partial charge in [0.15, 0.2) is 0 Å². The third kappa shape index (κ3) is 4.08. The third-order valence-corrected chi connectivity index (χ3v) is 3.28. The van der Waals surface area contributed by atoms with Gasteiger partial charge in [-0.15, -0.1) is 0 Å². The van der Waals surface area contributed by atoms with Crippen LogP contribution < -0.4 is 5.32 Å². The van der Waals surface area contributed by atoms with Crippen molar-refractivity contribution in [2.24, 2.45) is 0 Å². The van der Waals surface area contributed by atoms with Gasteiger partial charge in [0.2, 0.25) is 0 Å². The van der Waals surface area contributed by atoms with Gasteiger partial charge in [-0.2, -0.15) is 5.26 Å². The van der Waals surface area contributed by atoms with E-state index in [1.165, 1.54) is 6.42 Å². The largest absolute Gasteiger partial charge is 0.378 e. The number of nitrogens with zero attached hydrogens (tertiary/aromatic N) is 1. The van der Waals surface area contributed by atoms with Gasteiger partial charge in [0.25, 0.3) is 5.91 Å². The Morgan fingerprint density at radius 3 is 3.11 bits per heavy atom. The van der Waals surface area contributed by atoms with Gasteiger partial charge < -0.3 is 10.1 Å². The summed E-state index contributed by atoms with van der Waals surface area (Å²) in [5.41, 5.74) is 1.03. The summed E-state index contributed by atoms with van der Waals surface area (Å²) in [6.45, 7) is 1.45. The molecule has 1 aromatic rings. The molecule has 19 heavy (non-hydrogen) atoms. The van der Waals surface area contributed by atoms with Gasteiger partial charge >= 0.3 is 0 Å². The van der Waals surface area contributed by atoms with Gasteiger partial charge in [0.1, 0.15) is 0 Å². The first kappa shape index (κ1) is 13.6. The fourth-order valence-corrected chi connectivity index (χ4v) is 2.21. The lowest BCUT2D eigenvalue weighted by atomic mass is 10.1. The van der Waals surface area contributed by atoms with Crippen LogP contribution in [0.1, 0.15) is 41.6 Å². The fraction of sp³-hybridized carbons (Fsp3) is 0.467. The molecule has 1 saturated heterocycles. The molecule has 1 fully saturated rings. The smallest absolute Gasteiger partial charge is 0.251 e. The van der Waals surface area contributed by atoms with Crippen LogP contribution in [0, 0.1) is 11.3 Å². The van der Waals surface area contributed by atoms with E-state index in [4.69, 9.17) is 10.00 Å². The van der Waals surface area contributed by atoms with Gasteiger partial charge in [0.05, 0.1) is 17.7 Å². The van der Waals surface area contributed by atoms with Crippen molar-refractivity contribution in [2.75, 3.05) is 13.2 Å². The van der Waals surface area contributed by atoms with Crippen LogP contribution in [0.15, 0.2) is 24.3 Å². The first-order chi connectivity index (χ1) is 9.29. The highest BCUT2D eigenvalue weighted by atomic mass is 16.5. The molecule has 0 spiro atoms. The van der Waals surface area contributed by atoms with Crippen molar-refractivity contribution in [3.05, 3.63) is 35.4 Å². The summed E-state index contributed by atoms with van der Waals surface area (Å²) in [6, 6.07) is 8.76. The van der Waals surface area contributed by atoms with Crippen LogP contribution in [0.2, 0.25) is 0 Å². The zero-order valence-electron chi connectivity index (χ0n) is 10.9. The van der Waals surface area contributed by atoms with E-state index in [0.717, 1.165) is 25.9 Å². The van der Waals surface area contributed by atoms with E-state index in [0.29, 0.717) is 17.7 Å². The minimum atomic E-state index is -0.132. The predicted octanol–water partition coefficient (Wildman–Crippen LogP) is 2.25. The molecule has 0 saturated carbocycles. The highest BCUT2D eigenvalue weighted by Crippen LogP contribution is 2.14. The molecule has 1 heterocycles. The van der Waals surface area contributed by atoms with Gasteiger partial charge in [-0.1, -0.05) is 6.07 Å². The topological polar surface area (TPSA) is 62.1 Å². The Balaban J connectivity index is 1.79. The van der Waals surface area contributed by atoms with E-state index in [1.54, 1.807) is 24.3 Å². The number of nitrogens with one attached hydrogen (secondary N) is 1. The minimum absolute atomic E-state index is 0.132. The molecule has 1 atom stereocenters. The molecule has 1 aliphatic rings. The second-order valence-corrected chi connectivity index (χ2v) is 4.73. The zero-order chi connectivity index (χ0) is 13.5. The number of carbonyl (C=O) groups is 1. The van der Waals surface area contributed by atoms with Gasteiger partial charge in [-0.25, -0.2) is 0 Å². The SMILES string of the molecule is N#Cc1cccc(C(=O)NCC[C@H]2CCCCO2)c1. The van der Waals surface area contributed by atoms with Crippen molar-refractivity contribution >= 4 is 5.91 Å². The summed E-state index contributed by atoms with van der Waals surface area (Å²) in [5.74, 6) is -0.132. The van der Waals surface area contributed by atoms with Crippen LogP contribution in [0.3, 0.4) is 0 Å².